The van der Waals surface area contributed by atoms with Crippen molar-refractivity contribution in [1.82, 2.24) is 9.80 Å². The molecule has 0 radical (unpaired) electrons. The lowest BCUT2D eigenvalue weighted by Crippen LogP contribution is -2.35. The Morgan fingerprint density at radius 3 is 1.29 bits per heavy atom. The lowest BCUT2D eigenvalue weighted by Gasteiger charge is -2.16. The van der Waals surface area contributed by atoms with Crippen molar-refractivity contribution < 1.29 is 37.8 Å². The predicted molar refractivity (Wildman–Crippen MR) is 85.1 cm³/mol. The molecule has 0 aromatic rings. The number of phosphoric acid groups is 2. The second kappa shape index (κ2) is 11.3. The van der Waals surface area contributed by atoms with Crippen LogP contribution < -0.4 is 11.5 Å². The molecule has 0 aliphatic rings. The van der Waals surface area contributed by atoms with Gasteiger partial charge in [-0.25, -0.2) is 9.13 Å². The van der Waals surface area contributed by atoms with Crippen LogP contribution >= 0.6 is 15.6 Å². The molecule has 0 aromatic carbocycles. The molecule has 0 saturated carbocycles. The molecule has 0 amide bonds. The summed E-state index contributed by atoms with van der Waals surface area (Å²) >= 11 is 0. The van der Waals surface area contributed by atoms with Crippen LogP contribution in [0.2, 0.25) is 0 Å². The Hall–Kier alpha value is -1.24. The molecule has 10 N–H and O–H groups in total. The first kappa shape index (κ1) is 25.0. The monoisotopic (exact) mass is 394 g/mol. The smallest absolute Gasteiger partial charge is 0.370 e. The normalized spacial score (nSPS) is 11.2. The third kappa shape index (κ3) is 18.8. The molecule has 24 heavy (non-hydrogen) atoms. The minimum atomic E-state index is -4.39. The van der Waals surface area contributed by atoms with Gasteiger partial charge in [0.2, 0.25) is 0 Å². The van der Waals surface area contributed by atoms with Crippen LogP contribution in [0.15, 0.2) is 0 Å². The quantitative estimate of drug-likeness (QED) is 0.125. The summed E-state index contributed by atoms with van der Waals surface area (Å²) in [6, 6.07) is 0. The largest absolute Gasteiger partial charge is 0.469 e. The van der Waals surface area contributed by atoms with Crippen molar-refractivity contribution in [3.63, 3.8) is 0 Å². The van der Waals surface area contributed by atoms with Gasteiger partial charge in [0.25, 0.3) is 0 Å². The van der Waals surface area contributed by atoms with Gasteiger partial charge in [-0.05, 0) is 0 Å². The van der Waals surface area contributed by atoms with E-state index < -0.39 is 15.6 Å². The van der Waals surface area contributed by atoms with E-state index in [0.29, 0.717) is 0 Å². The van der Waals surface area contributed by atoms with Crippen molar-refractivity contribution >= 4 is 27.6 Å². The van der Waals surface area contributed by atoms with Gasteiger partial charge in [-0.3, -0.25) is 19.9 Å². The topological polar surface area (TPSA) is 240 Å². The zero-order chi connectivity index (χ0) is 19.6. The molecule has 0 saturated heterocycles. The number of phosphoric ester groups is 2. The standard InChI is InChI=1S/2C4H12N3O4P/c2*1-7(4(5)6)2-3-11-12(8,9)10/h2*2-3H2,1H3,(H3,5,6)(H2,8,9,10). The zero-order valence-electron chi connectivity index (χ0n) is 13.2. The number of guanidine groups is 2. The molecule has 0 atom stereocenters. The maximum Gasteiger partial charge on any atom is 0.469 e. The molecule has 0 heterocycles. The highest BCUT2D eigenvalue weighted by Crippen LogP contribution is 2.35. The van der Waals surface area contributed by atoms with Crippen molar-refractivity contribution in [2.24, 2.45) is 11.5 Å². The van der Waals surface area contributed by atoms with E-state index in [2.05, 4.69) is 9.05 Å². The van der Waals surface area contributed by atoms with Crippen molar-refractivity contribution in [3.05, 3.63) is 0 Å². The van der Waals surface area contributed by atoms with Gasteiger partial charge < -0.3 is 40.8 Å². The second-order valence-electron chi connectivity index (χ2n) is 4.26. The minimum absolute atomic E-state index is 0.166. The van der Waals surface area contributed by atoms with E-state index in [0.717, 1.165) is 0 Å². The van der Waals surface area contributed by atoms with Crippen LogP contribution in [0.5, 0.6) is 0 Å². The molecule has 0 bridgehead atoms. The minimum Gasteiger partial charge on any atom is -0.370 e. The summed E-state index contributed by atoms with van der Waals surface area (Å²) < 4.78 is 28.5. The number of rotatable bonds is 8. The van der Waals surface area contributed by atoms with Crippen molar-refractivity contribution in [2.45, 2.75) is 0 Å². The molecule has 0 aliphatic carbocycles. The average molecular weight is 394 g/mol. The number of hydrogen-bond donors (Lipinski definition) is 8. The fraction of sp³-hybridized carbons (Fsp3) is 0.750. The molecule has 0 fully saturated rings. The molecule has 0 aromatic heterocycles. The first-order valence-corrected chi connectivity index (χ1v) is 9.22. The highest BCUT2D eigenvalue weighted by atomic mass is 31.2. The van der Waals surface area contributed by atoms with Gasteiger partial charge in [-0.15, -0.1) is 0 Å². The number of hydrogen-bond acceptors (Lipinski definition) is 6. The van der Waals surface area contributed by atoms with Gasteiger partial charge >= 0.3 is 15.6 Å². The van der Waals surface area contributed by atoms with Crippen molar-refractivity contribution in [3.8, 4) is 0 Å². The summed E-state index contributed by atoms with van der Waals surface area (Å²) in [5, 5.41) is 13.8. The second-order valence-corrected chi connectivity index (χ2v) is 6.74. The Morgan fingerprint density at radius 1 is 0.875 bits per heavy atom. The van der Waals surface area contributed by atoms with Crippen LogP contribution in [0, 0.1) is 10.8 Å². The van der Waals surface area contributed by atoms with Gasteiger partial charge in [-0.1, -0.05) is 0 Å². The summed E-state index contributed by atoms with van der Waals surface area (Å²) in [6.07, 6.45) is 0. The van der Waals surface area contributed by atoms with Gasteiger partial charge in [0.05, 0.1) is 13.2 Å². The van der Waals surface area contributed by atoms with E-state index >= 15 is 0 Å². The Balaban J connectivity index is 0. The molecular formula is C8H24N6O8P2. The van der Waals surface area contributed by atoms with Crippen LogP contribution in [-0.4, -0.2) is 81.7 Å². The van der Waals surface area contributed by atoms with E-state index in [4.69, 9.17) is 41.9 Å². The fourth-order valence-electron chi connectivity index (χ4n) is 0.834. The average Bonchev–Trinajstić information content (AvgIpc) is 2.35. The maximum atomic E-state index is 10.2. The Kier molecular flexibility index (Phi) is 11.8. The van der Waals surface area contributed by atoms with Crippen molar-refractivity contribution in [1.29, 1.82) is 10.8 Å². The predicted octanol–water partition coefficient (Wildman–Crippen LogP) is -2.16. The van der Waals surface area contributed by atoms with Crippen LogP contribution in [0.4, 0.5) is 0 Å². The fourth-order valence-corrected chi connectivity index (χ4v) is 1.47. The zero-order valence-corrected chi connectivity index (χ0v) is 15.0. The summed E-state index contributed by atoms with van der Waals surface area (Å²) in [7, 11) is -5.74. The number of nitrogens with one attached hydrogen (secondary N) is 2. The van der Waals surface area contributed by atoms with Gasteiger partial charge in [0, 0.05) is 27.2 Å². The molecular weight excluding hydrogens is 370 g/mol. The summed E-state index contributed by atoms with van der Waals surface area (Å²) in [5.74, 6) is -0.353. The third-order valence-corrected chi connectivity index (χ3v) is 3.23. The number of likely N-dealkylation sites (N-methyl/N-ethyl adjacent to an activating group) is 2. The van der Waals surface area contributed by atoms with Crippen LogP contribution in [0.25, 0.3) is 0 Å². The molecule has 0 spiro atoms. The molecule has 16 heteroatoms. The molecule has 14 nitrogen and oxygen atoms in total. The van der Waals surface area contributed by atoms with Crippen LogP contribution in [-0.2, 0) is 18.2 Å². The highest BCUT2D eigenvalue weighted by Gasteiger charge is 2.14. The number of nitrogens with zero attached hydrogens (tertiary/aromatic N) is 2. The third-order valence-electron chi connectivity index (χ3n) is 2.19. The Bertz CT molecular complexity index is 449. The van der Waals surface area contributed by atoms with Crippen LogP contribution in [0.1, 0.15) is 0 Å². The van der Waals surface area contributed by atoms with Gasteiger partial charge in [-0.2, -0.15) is 0 Å². The maximum absolute atomic E-state index is 10.2. The van der Waals surface area contributed by atoms with E-state index in [-0.39, 0.29) is 38.2 Å². The first-order chi connectivity index (χ1) is 10.7. The SMILES string of the molecule is CN(CCOP(=O)(O)O)C(=N)N.CN(CCOP(=O)(O)O)C(=N)N. The Morgan fingerprint density at radius 2 is 1.12 bits per heavy atom. The van der Waals surface area contributed by atoms with Gasteiger partial charge in [0.1, 0.15) is 0 Å². The number of nitrogens with two attached hydrogens (primary N) is 2. The summed E-state index contributed by atoms with van der Waals surface area (Å²) in [6.45, 7) is 0.00159. The van der Waals surface area contributed by atoms with Crippen molar-refractivity contribution in [2.75, 3.05) is 40.4 Å². The Labute approximate surface area is 138 Å². The van der Waals surface area contributed by atoms with E-state index in [1.165, 1.54) is 23.9 Å². The summed E-state index contributed by atoms with van der Waals surface area (Å²) in [4.78, 5) is 35.6. The first-order valence-electron chi connectivity index (χ1n) is 6.16. The lowest BCUT2D eigenvalue weighted by atomic mass is 10.6. The molecule has 0 rings (SSSR count). The van der Waals surface area contributed by atoms with E-state index in [1.54, 1.807) is 0 Å². The molecule has 0 unspecified atom stereocenters. The molecule has 0 aliphatic heterocycles. The van der Waals surface area contributed by atoms with Crippen LogP contribution in [0.3, 0.4) is 0 Å². The molecule has 144 valence electrons. The van der Waals surface area contributed by atoms with E-state index in [1.807, 2.05) is 0 Å². The highest BCUT2D eigenvalue weighted by molar-refractivity contribution is 7.46. The van der Waals surface area contributed by atoms with Gasteiger partial charge in [0.15, 0.2) is 11.9 Å². The summed E-state index contributed by atoms with van der Waals surface area (Å²) in [5.41, 5.74) is 10.1. The van der Waals surface area contributed by atoms with E-state index in [9.17, 15) is 9.13 Å². The lowest BCUT2D eigenvalue weighted by molar-refractivity contribution is 0.185.